The van der Waals surface area contributed by atoms with Crippen LogP contribution >= 0.6 is 12.4 Å². The van der Waals surface area contributed by atoms with Crippen molar-refractivity contribution in [1.82, 2.24) is 9.80 Å². The lowest BCUT2D eigenvalue weighted by Gasteiger charge is -2.26. The van der Waals surface area contributed by atoms with E-state index in [0.29, 0.717) is 12.3 Å². The first-order valence-electron chi connectivity index (χ1n) is 9.34. The van der Waals surface area contributed by atoms with Crippen LogP contribution in [0.4, 0.5) is 5.69 Å². The Kier molecular flexibility index (Phi) is 9.64. The molecule has 1 aliphatic heterocycles. The van der Waals surface area contributed by atoms with Crippen LogP contribution in [0, 0.1) is 10.1 Å². The van der Waals surface area contributed by atoms with E-state index in [4.69, 9.17) is 9.84 Å². The Balaban J connectivity index is 0.00000392. The molecule has 1 unspecified atom stereocenters. The van der Waals surface area contributed by atoms with Gasteiger partial charge in [0.15, 0.2) is 0 Å². The first-order valence-corrected chi connectivity index (χ1v) is 9.34. The molecule has 2 rings (SSSR count). The summed E-state index contributed by atoms with van der Waals surface area (Å²) in [5, 5.41) is 20.1. The Morgan fingerprint density at radius 2 is 2.11 bits per heavy atom. The number of carboxylic acids is 1. The maximum Gasteiger partial charge on any atom is 0.317 e. The summed E-state index contributed by atoms with van der Waals surface area (Å²) in [6.07, 6.45) is 2.77. The van der Waals surface area contributed by atoms with E-state index in [9.17, 15) is 14.9 Å². The highest BCUT2D eigenvalue weighted by atomic mass is 35.5. The predicted molar refractivity (Wildman–Crippen MR) is 109 cm³/mol. The second kappa shape index (κ2) is 11.2. The summed E-state index contributed by atoms with van der Waals surface area (Å²) in [5.41, 5.74) is 0.880. The van der Waals surface area contributed by atoms with E-state index in [-0.39, 0.29) is 41.7 Å². The van der Waals surface area contributed by atoms with Crippen molar-refractivity contribution in [3.05, 3.63) is 33.9 Å². The van der Waals surface area contributed by atoms with E-state index in [2.05, 4.69) is 4.90 Å². The highest BCUT2D eigenvalue weighted by molar-refractivity contribution is 5.85. The largest absolute Gasteiger partial charge is 0.491 e. The lowest BCUT2D eigenvalue weighted by molar-refractivity contribution is -0.385. The summed E-state index contributed by atoms with van der Waals surface area (Å²) >= 11 is 0. The lowest BCUT2D eigenvalue weighted by Crippen LogP contribution is -2.36. The van der Waals surface area contributed by atoms with Crippen LogP contribution in [0.3, 0.4) is 0 Å². The Morgan fingerprint density at radius 1 is 1.39 bits per heavy atom. The molecule has 1 atom stereocenters. The third-order valence-electron chi connectivity index (χ3n) is 4.81. The number of benzene rings is 1. The normalized spacial score (nSPS) is 17.8. The summed E-state index contributed by atoms with van der Waals surface area (Å²) in [4.78, 5) is 25.8. The number of carbonyl (C=O) groups is 1. The van der Waals surface area contributed by atoms with E-state index in [1.165, 1.54) is 6.07 Å². The zero-order chi connectivity index (χ0) is 20.0. The van der Waals surface area contributed by atoms with Crippen LogP contribution < -0.4 is 4.74 Å². The van der Waals surface area contributed by atoms with Crippen molar-refractivity contribution < 1.29 is 19.6 Å². The number of nitro benzene ring substituents is 1. The number of nitro groups is 1. The fourth-order valence-electron chi connectivity index (χ4n) is 3.49. The first kappa shape index (κ1) is 24.1. The molecule has 9 heteroatoms. The van der Waals surface area contributed by atoms with Crippen molar-refractivity contribution in [2.24, 2.45) is 0 Å². The molecule has 158 valence electrons. The van der Waals surface area contributed by atoms with Crippen LogP contribution in [-0.2, 0) is 11.3 Å². The number of hydrogen-bond donors (Lipinski definition) is 1. The van der Waals surface area contributed by atoms with Crippen LogP contribution in [0.1, 0.15) is 38.7 Å². The second-order valence-electron chi connectivity index (χ2n) is 7.39. The molecule has 0 aliphatic carbocycles. The summed E-state index contributed by atoms with van der Waals surface area (Å²) in [6.45, 7) is 6.18. The molecule has 1 aromatic rings. The minimum absolute atomic E-state index is 0. The standard InChI is InChI=1S/C19H29N3O5.ClH/c1-14(2)27-18-7-6-17(22(25)26)11-15(18)12-21-9-4-5-16(8-10-21)20(3)13-19(23)24;/h6-7,11,14,16H,4-5,8-10,12-13H2,1-3H3,(H,23,24);1H. The molecule has 1 fully saturated rings. The summed E-state index contributed by atoms with van der Waals surface area (Å²) in [5.74, 6) is -0.134. The van der Waals surface area contributed by atoms with Crippen molar-refractivity contribution in [1.29, 1.82) is 0 Å². The molecule has 0 bridgehead atoms. The van der Waals surface area contributed by atoms with Gasteiger partial charge in [-0.15, -0.1) is 12.4 Å². The third-order valence-corrected chi connectivity index (χ3v) is 4.81. The maximum absolute atomic E-state index is 11.1. The quantitative estimate of drug-likeness (QED) is 0.514. The maximum atomic E-state index is 11.1. The van der Waals surface area contributed by atoms with Gasteiger partial charge in [-0.25, -0.2) is 0 Å². The minimum Gasteiger partial charge on any atom is -0.491 e. The SMILES string of the molecule is CC(C)Oc1ccc([N+](=O)[O-])cc1CN1CCCC(N(C)CC(=O)O)CC1.Cl. The molecule has 0 amide bonds. The van der Waals surface area contributed by atoms with Gasteiger partial charge in [-0.1, -0.05) is 0 Å². The van der Waals surface area contributed by atoms with Crippen LogP contribution in [0.2, 0.25) is 0 Å². The van der Waals surface area contributed by atoms with Gasteiger partial charge in [-0.05, 0) is 59.3 Å². The van der Waals surface area contributed by atoms with Crippen molar-refractivity contribution in [2.45, 2.75) is 51.8 Å². The van der Waals surface area contributed by atoms with E-state index < -0.39 is 5.97 Å². The molecule has 0 radical (unpaired) electrons. The molecule has 0 spiro atoms. The van der Waals surface area contributed by atoms with Crippen LogP contribution in [0.15, 0.2) is 18.2 Å². The van der Waals surface area contributed by atoms with Crippen molar-refractivity contribution in [3.63, 3.8) is 0 Å². The number of halogens is 1. The van der Waals surface area contributed by atoms with Gasteiger partial charge in [-0.3, -0.25) is 24.7 Å². The summed E-state index contributed by atoms with van der Waals surface area (Å²) in [6, 6.07) is 4.98. The molecular weight excluding hydrogens is 386 g/mol. The predicted octanol–water partition coefficient (Wildman–Crippen LogP) is 3.17. The van der Waals surface area contributed by atoms with E-state index in [1.54, 1.807) is 12.1 Å². The fourth-order valence-corrected chi connectivity index (χ4v) is 3.49. The minimum atomic E-state index is -0.814. The van der Waals surface area contributed by atoms with Gasteiger partial charge in [0.25, 0.3) is 5.69 Å². The molecular formula is C19H30ClN3O5. The monoisotopic (exact) mass is 415 g/mol. The van der Waals surface area contributed by atoms with Gasteiger partial charge in [0.1, 0.15) is 5.75 Å². The molecule has 1 saturated heterocycles. The average molecular weight is 416 g/mol. The number of hydrogen-bond acceptors (Lipinski definition) is 6. The molecule has 1 aliphatic rings. The van der Waals surface area contributed by atoms with Crippen LogP contribution in [0.25, 0.3) is 0 Å². The summed E-state index contributed by atoms with van der Waals surface area (Å²) in [7, 11) is 1.85. The first-order chi connectivity index (χ1) is 12.8. The number of likely N-dealkylation sites (N-methyl/N-ethyl adjacent to an activating group) is 1. The van der Waals surface area contributed by atoms with Gasteiger partial charge in [0.05, 0.1) is 17.6 Å². The third kappa shape index (κ3) is 7.26. The van der Waals surface area contributed by atoms with Gasteiger partial charge in [-0.2, -0.15) is 0 Å². The van der Waals surface area contributed by atoms with Gasteiger partial charge < -0.3 is 9.84 Å². The van der Waals surface area contributed by atoms with Gasteiger partial charge in [0.2, 0.25) is 0 Å². The van der Waals surface area contributed by atoms with E-state index in [1.807, 2.05) is 25.8 Å². The number of ether oxygens (including phenoxy) is 1. The zero-order valence-corrected chi connectivity index (χ0v) is 17.5. The average Bonchev–Trinajstić information content (AvgIpc) is 2.81. The molecule has 8 nitrogen and oxygen atoms in total. The molecule has 1 aromatic carbocycles. The number of aliphatic carboxylic acids is 1. The Morgan fingerprint density at radius 3 is 2.71 bits per heavy atom. The fraction of sp³-hybridized carbons (Fsp3) is 0.632. The van der Waals surface area contributed by atoms with Crippen LogP contribution in [-0.4, -0.2) is 64.6 Å². The Hall–Kier alpha value is -1.90. The number of nitrogens with zero attached hydrogens (tertiary/aromatic N) is 3. The molecule has 1 heterocycles. The number of non-ortho nitro benzene ring substituents is 1. The van der Waals surface area contributed by atoms with Crippen molar-refractivity contribution in [2.75, 3.05) is 26.7 Å². The smallest absolute Gasteiger partial charge is 0.317 e. The van der Waals surface area contributed by atoms with Crippen molar-refractivity contribution >= 4 is 24.1 Å². The highest BCUT2D eigenvalue weighted by Gasteiger charge is 2.23. The van der Waals surface area contributed by atoms with Crippen molar-refractivity contribution in [3.8, 4) is 5.75 Å². The molecule has 28 heavy (non-hydrogen) atoms. The van der Waals surface area contributed by atoms with Crippen LogP contribution in [0.5, 0.6) is 5.75 Å². The molecule has 0 aromatic heterocycles. The topological polar surface area (TPSA) is 96.2 Å². The number of likely N-dealkylation sites (tertiary alicyclic amines) is 1. The molecule has 1 N–H and O–H groups in total. The zero-order valence-electron chi connectivity index (χ0n) is 16.7. The highest BCUT2D eigenvalue weighted by Crippen LogP contribution is 2.27. The number of carboxylic acid groups (broad SMARTS) is 1. The molecule has 0 saturated carbocycles. The Labute approximate surface area is 172 Å². The lowest BCUT2D eigenvalue weighted by atomic mass is 10.1. The van der Waals surface area contributed by atoms with Gasteiger partial charge >= 0.3 is 5.97 Å². The Bertz CT molecular complexity index is 671. The number of rotatable bonds is 8. The van der Waals surface area contributed by atoms with Gasteiger partial charge in [0, 0.05) is 30.3 Å². The second-order valence-corrected chi connectivity index (χ2v) is 7.39. The van der Waals surface area contributed by atoms with E-state index in [0.717, 1.165) is 37.9 Å². The summed E-state index contributed by atoms with van der Waals surface area (Å²) < 4.78 is 5.83. The van der Waals surface area contributed by atoms with E-state index >= 15 is 0 Å².